The molecule has 0 saturated carbocycles. The summed E-state index contributed by atoms with van der Waals surface area (Å²) >= 11 is 18.0. The lowest BCUT2D eigenvalue weighted by Crippen LogP contribution is -2.38. The molecule has 0 aliphatic rings. The normalized spacial score (nSPS) is 10.6. The van der Waals surface area contributed by atoms with Crippen molar-refractivity contribution < 1.29 is 14.4 Å². The topological polar surface area (TPSA) is 90.5 Å². The summed E-state index contributed by atoms with van der Waals surface area (Å²) in [6, 6.07) is 9.68. The molecule has 0 spiro atoms. The second kappa shape index (κ2) is 11.2. The average molecular weight is 472 g/mol. The summed E-state index contributed by atoms with van der Waals surface area (Å²) in [6.45, 7) is 3.72. The standard InChI is InChI=1S/C20H21Cl3N4O3/c1-3-27(11-19(30)26-20-16(22)8-13(21)9-17(20)23)10-18(29)25-15-6-4-14(5-7-15)24-12(2)28/h4-9H,3,10-11H2,1-2H3,(H,24,28)(H,25,29)(H,26,30). The highest BCUT2D eigenvalue weighted by atomic mass is 35.5. The number of rotatable bonds is 8. The van der Waals surface area contributed by atoms with Crippen molar-refractivity contribution in [3.05, 3.63) is 51.5 Å². The van der Waals surface area contributed by atoms with E-state index in [9.17, 15) is 14.4 Å². The summed E-state index contributed by atoms with van der Waals surface area (Å²) in [5.74, 6) is -0.820. The van der Waals surface area contributed by atoms with Gasteiger partial charge in [-0.1, -0.05) is 41.7 Å². The van der Waals surface area contributed by atoms with E-state index < -0.39 is 0 Å². The fraction of sp³-hybridized carbons (Fsp3) is 0.250. The van der Waals surface area contributed by atoms with E-state index in [4.69, 9.17) is 34.8 Å². The Morgan fingerprint density at radius 3 is 1.77 bits per heavy atom. The van der Waals surface area contributed by atoms with Gasteiger partial charge in [0.1, 0.15) is 0 Å². The first-order valence-electron chi connectivity index (χ1n) is 9.02. The monoisotopic (exact) mass is 470 g/mol. The molecule has 0 fully saturated rings. The van der Waals surface area contributed by atoms with Crippen molar-refractivity contribution in [2.75, 3.05) is 35.6 Å². The van der Waals surface area contributed by atoms with E-state index in [0.717, 1.165) is 0 Å². The van der Waals surface area contributed by atoms with Crippen molar-refractivity contribution in [2.45, 2.75) is 13.8 Å². The molecular weight excluding hydrogens is 451 g/mol. The number of hydrogen-bond acceptors (Lipinski definition) is 4. The van der Waals surface area contributed by atoms with Gasteiger partial charge in [-0.3, -0.25) is 19.3 Å². The number of halogens is 3. The molecule has 0 heterocycles. The maximum Gasteiger partial charge on any atom is 0.238 e. The van der Waals surface area contributed by atoms with Crippen LogP contribution in [-0.4, -0.2) is 42.3 Å². The summed E-state index contributed by atoms with van der Waals surface area (Å²) in [5.41, 5.74) is 1.48. The van der Waals surface area contributed by atoms with Crippen LogP contribution in [-0.2, 0) is 14.4 Å². The average Bonchev–Trinajstić information content (AvgIpc) is 2.65. The molecule has 0 atom stereocenters. The molecule has 10 heteroatoms. The van der Waals surface area contributed by atoms with Crippen molar-refractivity contribution in [3.63, 3.8) is 0 Å². The number of benzene rings is 2. The fourth-order valence-corrected chi connectivity index (χ4v) is 3.48. The van der Waals surface area contributed by atoms with Gasteiger partial charge in [0.25, 0.3) is 0 Å². The quantitative estimate of drug-likeness (QED) is 0.528. The van der Waals surface area contributed by atoms with E-state index in [2.05, 4.69) is 16.0 Å². The molecule has 0 saturated heterocycles. The molecule has 2 rings (SSSR count). The van der Waals surface area contributed by atoms with E-state index in [1.165, 1.54) is 19.1 Å². The van der Waals surface area contributed by atoms with E-state index >= 15 is 0 Å². The molecule has 0 unspecified atom stereocenters. The Morgan fingerprint density at radius 1 is 0.833 bits per heavy atom. The summed E-state index contributed by atoms with van der Waals surface area (Å²) in [4.78, 5) is 37.4. The summed E-state index contributed by atoms with van der Waals surface area (Å²) in [5, 5.41) is 8.86. The third kappa shape index (κ3) is 7.50. The largest absolute Gasteiger partial charge is 0.326 e. The third-order valence-electron chi connectivity index (χ3n) is 3.94. The van der Waals surface area contributed by atoms with Crippen LogP contribution in [0.25, 0.3) is 0 Å². The molecule has 30 heavy (non-hydrogen) atoms. The number of nitrogens with one attached hydrogen (secondary N) is 3. The maximum atomic E-state index is 12.4. The minimum absolute atomic E-state index is 0.0133. The van der Waals surface area contributed by atoms with Crippen LogP contribution in [0.3, 0.4) is 0 Å². The molecule has 0 aromatic heterocycles. The Kier molecular flexibility index (Phi) is 8.92. The number of hydrogen-bond donors (Lipinski definition) is 3. The van der Waals surface area contributed by atoms with Crippen molar-refractivity contribution in [1.29, 1.82) is 0 Å². The van der Waals surface area contributed by atoms with Gasteiger partial charge in [-0.2, -0.15) is 0 Å². The van der Waals surface area contributed by atoms with Crippen LogP contribution in [0.2, 0.25) is 15.1 Å². The summed E-state index contributed by atoms with van der Waals surface area (Å²) in [6.07, 6.45) is 0. The van der Waals surface area contributed by atoms with E-state index in [1.807, 2.05) is 6.92 Å². The van der Waals surface area contributed by atoms with Crippen LogP contribution in [0.1, 0.15) is 13.8 Å². The summed E-state index contributed by atoms with van der Waals surface area (Å²) < 4.78 is 0. The van der Waals surface area contributed by atoms with Crippen LogP contribution in [0.4, 0.5) is 17.1 Å². The minimum Gasteiger partial charge on any atom is -0.326 e. The first-order chi connectivity index (χ1) is 14.2. The Bertz CT molecular complexity index is 912. The Morgan fingerprint density at radius 2 is 1.30 bits per heavy atom. The second-order valence-electron chi connectivity index (χ2n) is 6.40. The Labute approximate surface area is 189 Å². The number of carbonyl (C=O) groups is 3. The van der Waals surface area contributed by atoms with Gasteiger partial charge in [0.2, 0.25) is 17.7 Å². The zero-order valence-corrected chi connectivity index (χ0v) is 18.7. The van der Waals surface area contributed by atoms with Gasteiger partial charge in [-0.05, 0) is 42.9 Å². The van der Waals surface area contributed by atoms with Crippen molar-refractivity contribution in [1.82, 2.24) is 4.90 Å². The van der Waals surface area contributed by atoms with Gasteiger partial charge in [0.05, 0.1) is 28.8 Å². The molecule has 7 nitrogen and oxygen atoms in total. The zero-order valence-electron chi connectivity index (χ0n) is 16.4. The molecule has 0 aliphatic heterocycles. The molecule has 160 valence electrons. The first-order valence-corrected chi connectivity index (χ1v) is 10.2. The van der Waals surface area contributed by atoms with Crippen LogP contribution < -0.4 is 16.0 Å². The van der Waals surface area contributed by atoms with Crippen molar-refractivity contribution in [2.24, 2.45) is 0 Å². The summed E-state index contributed by atoms with van der Waals surface area (Å²) in [7, 11) is 0. The molecular formula is C20H21Cl3N4O3. The van der Waals surface area contributed by atoms with E-state index in [-0.39, 0.29) is 46.5 Å². The van der Waals surface area contributed by atoms with Gasteiger partial charge in [-0.15, -0.1) is 0 Å². The van der Waals surface area contributed by atoms with Crippen LogP contribution in [0, 0.1) is 0 Å². The van der Waals surface area contributed by atoms with Gasteiger partial charge in [0, 0.05) is 23.3 Å². The van der Waals surface area contributed by atoms with E-state index in [1.54, 1.807) is 29.2 Å². The number of likely N-dealkylation sites (N-methyl/N-ethyl adjacent to an activating group) is 1. The fourth-order valence-electron chi connectivity index (χ4n) is 2.57. The van der Waals surface area contributed by atoms with Crippen LogP contribution >= 0.6 is 34.8 Å². The third-order valence-corrected chi connectivity index (χ3v) is 4.76. The van der Waals surface area contributed by atoms with Crippen LogP contribution in [0.15, 0.2) is 36.4 Å². The Hall–Kier alpha value is -2.32. The highest BCUT2D eigenvalue weighted by Crippen LogP contribution is 2.33. The minimum atomic E-state index is -0.365. The molecule has 0 aliphatic carbocycles. The molecule has 2 aromatic rings. The van der Waals surface area contributed by atoms with E-state index in [0.29, 0.717) is 22.9 Å². The zero-order chi connectivity index (χ0) is 22.3. The predicted molar refractivity (Wildman–Crippen MR) is 122 cm³/mol. The molecule has 3 N–H and O–H groups in total. The highest BCUT2D eigenvalue weighted by Gasteiger charge is 2.16. The first kappa shape index (κ1) is 24.0. The van der Waals surface area contributed by atoms with Crippen molar-refractivity contribution in [3.8, 4) is 0 Å². The van der Waals surface area contributed by atoms with Gasteiger partial charge >= 0.3 is 0 Å². The van der Waals surface area contributed by atoms with Gasteiger partial charge < -0.3 is 16.0 Å². The molecule has 2 aromatic carbocycles. The molecule has 0 radical (unpaired) electrons. The molecule has 0 bridgehead atoms. The molecule has 3 amide bonds. The number of nitrogens with zero attached hydrogens (tertiary/aromatic N) is 1. The van der Waals surface area contributed by atoms with Gasteiger partial charge in [0.15, 0.2) is 0 Å². The van der Waals surface area contributed by atoms with Crippen molar-refractivity contribution >= 4 is 69.6 Å². The highest BCUT2D eigenvalue weighted by molar-refractivity contribution is 6.42. The number of carbonyl (C=O) groups excluding carboxylic acids is 3. The second-order valence-corrected chi connectivity index (χ2v) is 7.65. The Balaban J connectivity index is 1.91. The smallest absolute Gasteiger partial charge is 0.238 e. The maximum absolute atomic E-state index is 12.4. The number of amides is 3. The predicted octanol–water partition coefficient (Wildman–Crippen LogP) is 4.50. The number of anilines is 3. The van der Waals surface area contributed by atoms with Crippen LogP contribution in [0.5, 0.6) is 0 Å². The lowest BCUT2D eigenvalue weighted by molar-refractivity contribution is -0.120. The lowest BCUT2D eigenvalue weighted by atomic mass is 10.2. The van der Waals surface area contributed by atoms with Gasteiger partial charge in [-0.25, -0.2) is 0 Å². The SMILES string of the molecule is CCN(CC(=O)Nc1ccc(NC(C)=O)cc1)CC(=O)Nc1c(Cl)cc(Cl)cc1Cl. The lowest BCUT2D eigenvalue weighted by Gasteiger charge is -2.20.